The topological polar surface area (TPSA) is 32.8 Å². The molecule has 0 saturated carbocycles. The van der Waals surface area contributed by atoms with Crippen LogP contribution in [-0.4, -0.2) is 56.9 Å². The number of ether oxygens (including phenoxy) is 1. The van der Waals surface area contributed by atoms with Gasteiger partial charge in [-0.3, -0.25) is 4.79 Å². The van der Waals surface area contributed by atoms with Crippen LogP contribution < -0.4 is 4.74 Å². The van der Waals surface area contributed by atoms with Crippen LogP contribution in [0, 0.1) is 0 Å². The highest BCUT2D eigenvalue weighted by atomic mass is 16.5. The van der Waals surface area contributed by atoms with Gasteiger partial charge in [-0.05, 0) is 65.8 Å². The fourth-order valence-electron chi connectivity index (χ4n) is 2.15. The summed E-state index contributed by atoms with van der Waals surface area (Å²) in [6.07, 6.45) is 1.12. The van der Waals surface area contributed by atoms with Crippen LogP contribution in [0.3, 0.4) is 0 Å². The Morgan fingerprint density at radius 1 is 1.20 bits per heavy atom. The molecule has 0 radical (unpaired) electrons. The minimum Gasteiger partial charge on any atom is -0.496 e. The van der Waals surface area contributed by atoms with E-state index in [2.05, 4.69) is 30.9 Å². The Morgan fingerprint density at radius 2 is 1.90 bits per heavy atom. The minimum atomic E-state index is 0.0872. The highest BCUT2D eigenvalue weighted by molar-refractivity contribution is 5.94. The van der Waals surface area contributed by atoms with Gasteiger partial charge in [0.15, 0.2) is 5.78 Å². The highest BCUT2D eigenvalue weighted by Gasteiger charge is 2.09. The van der Waals surface area contributed by atoms with Crippen LogP contribution in [0.25, 0.3) is 0 Å². The molecule has 0 heterocycles. The maximum absolute atomic E-state index is 11.5. The van der Waals surface area contributed by atoms with Gasteiger partial charge in [0.1, 0.15) is 5.75 Å². The first kappa shape index (κ1) is 16.7. The summed E-state index contributed by atoms with van der Waals surface area (Å²) in [4.78, 5) is 15.9. The molecule has 1 aromatic carbocycles. The summed E-state index contributed by atoms with van der Waals surface area (Å²) in [5, 5.41) is 0. The summed E-state index contributed by atoms with van der Waals surface area (Å²) in [5.74, 6) is 0.929. The van der Waals surface area contributed by atoms with Crippen LogP contribution >= 0.6 is 0 Å². The van der Waals surface area contributed by atoms with Crippen LogP contribution in [0.5, 0.6) is 5.75 Å². The first-order valence-corrected chi connectivity index (χ1v) is 6.95. The molecule has 0 aliphatic rings. The molecule has 0 amide bonds. The predicted octanol–water partition coefficient (Wildman–Crippen LogP) is 2.28. The number of carbonyl (C=O) groups excluding carboxylic acids is 1. The first-order valence-electron chi connectivity index (χ1n) is 6.95. The lowest BCUT2D eigenvalue weighted by molar-refractivity contribution is 0.101. The van der Waals surface area contributed by atoms with Crippen molar-refractivity contribution in [3.8, 4) is 5.75 Å². The van der Waals surface area contributed by atoms with E-state index in [0.717, 1.165) is 42.9 Å². The van der Waals surface area contributed by atoms with Crippen LogP contribution in [0.15, 0.2) is 18.2 Å². The Kier molecular flexibility index (Phi) is 6.68. The number of rotatable bonds is 8. The van der Waals surface area contributed by atoms with E-state index < -0.39 is 0 Å². The number of Topliss-reactive ketones (excluding diaryl/α,β-unsaturated/α-hetero) is 1. The van der Waals surface area contributed by atoms with Gasteiger partial charge in [0.25, 0.3) is 0 Å². The van der Waals surface area contributed by atoms with Gasteiger partial charge in [-0.15, -0.1) is 0 Å². The third kappa shape index (κ3) is 5.31. The average Bonchev–Trinajstić information content (AvgIpc) is 2.38. The lowest BCUT2D eigenvalue weighted by Crippen LogP contribution is -2.23. The van der Waals surface area contributed by atoms with Crippen molar-refractivity contribution in [1.82, 2.24) is 9.80 Å². The lowest BCUT2D eigenvalue weighted by Gasteiger charge is -2.20. The van der Waals surface area contributed by atoms with Gasteiger partial charge in [0, 0.05) is 17.7 Å². The molecular weight excluding hydrogens is 252 g/mol. The molecule has 0 atom stereocenters. The molecule has 4 nitrogen and oxygen atoms in total. The van der Waals surface area contributed by atoms with Gasteiger partial charge in [-0.1, -0.05) is 0 Å². The van der Waals surface area contributed by atoms with Gasteiger partial charge in [-0.25, -0.2) is 0 Å². The maximum Gasteiger partial charge on any atom is 0.159 e. The molecule has 0 aliphatic heterocycles. The van der Waals surface area contributed by atoms with Crippen molar-refractivity contribution in [2.45, 2.75) is 19.9 Å². The SMILES string of the molecule is COc1ccc(C(C)=O)cc1CN(C)CCCN(C)C. The summed E-state index contributed by atoms with van der Waals surface area (Å²) in [7, 11) is 7.92. The van der Waals surface area contributed by atoms with E-state index in [1.54, 1.807) is 14.0 Å². The van der Waals surface area contributed by atoms with Crippen LogP contribution in [-0.2, 0) is 6.54 Å². The number of hydrogen-bond acceptors (Lipinski definition) is 4. The van der Waals surface area contributed by atoms with Gasteiger partial charge in [0.2, 0.25) is 0 Å². The van der Waals surface area contributed by atoms with E-state index in [1.807, 2.05) is 18.2 Å². The Labute approximate surface area is 122 Å². The molecule has 112 valence electrons. The van der Waals surface area contributed by atoms with Crippen LogP contribution in [0.1, 0.15) is 29.3 Å². The van der Waals surface area contributed by atoms with Gasteiger partial charge in [0.05, 0.1) is 7.11 Å². The fraction of sp³-hybridized carbons (Fsp3) is 0.562. The molecule has 20 heavy (non-hydrogen) atoms. The van der Waals surface area contributed by atoms with E-state index >= 15 is 0 Å². The molecule has 0 N–H and O–H groups in total. The molecule has 0 bridgehead atoms. The molecule has 1 rings (SSSR count). The second-order valence-corrected chi connectivity index (χ2v) is 5.48. The van der Waals surface area contributed by atoms with Gasteiger partial charge in [-0.2, -0.15) is 0 Å². The zero-order chi connectivity index (χ0) is 15.1. The van der Waals surface area contributed by atoms with Crippen molar-refractivity contribution in [2.75, 3.05) is 41.3 Å². The summed E-state index contributed by atoms with van der Waals surface area (Å²) >= 11 is 0. The largest absolute Gasteiger partial charge is 0.496 e. The monoisotopic (exact) mass is 278 g/mol. The van der Waals surface area contributed by atoms with Crippen molar-refractivity contribution < 1.29 is 9.53 Å². The van der Waals surface area contributed by atoms with Crippen LogP contribution in [0.2, 0.25) is 0 Å². The second kappa shape index (κ2) is 8.02. The van der Waals surface area contributed by atoms with Crippen LogP contribution in [0.4, 0.5) is 0 Å². The normalized spacial score (nSPS) is 11.2. The van der Waals surface area contributed by atoms with Crippen molar-refractivity contribution >= 4 is 5.78 Å². The Hall–Kier alpha value is -1.39. The highest BCUT2D eigenvalue weighted by Crippen LogP contribution is 2.21. The molecule has 4 heteroatoms. The minimum absolute atomic E-state index is 0.0872. The average molecular weight is 278 g/mol. The number of ketones is 1. The van der Waals surface area contributed by atoms with Crippen molar-refractivity contribution in [3.05, 3.63) is 29.3 Å². The number of carbonyl (C=O) groups is 1. The summed E-state index contributed by atoms with van der Waals surface area (Å²) in [6.45, 7) is 4.48. The number of hydrogen-bond donors (Lipinski definition) is 0. The van der Waals surface area contributed by atoms with E-state index in [9.17, 15) is 4.79 Å². The maximum atomic E-state index is 11.5. The molecule has 0 spiro atoms. The molecule has 0 aromatic heterocycles. The van der Waals surface area contributed by atoms with E-state index in [-0.39, 0.29) is 5.78 Å². The van der Waals surface area contributed by atoms with Crippen molar-refractivity contribution in [1.29, 1.82) is 0 Å². The third-order valence-electron chi connectivity index (χ3n) is 3.27. The smallest absolute Gasteiger partial charge is 0.159 e. The van der Waals surface area contributed by atoms with Gasteiger partial charge < -0.3 is 14.5 Å². The third-order valence-corrected chi connectivity index (χ3v) is 3.27. The van der Waals surface area contributed by atoms with E-state index in [0.29, 0.717) is 0 Å². The molecule has 0 aliphatic carbocycles. The quantitative estimate of drug-likeness (QED) is 0.683. The Morgan fingerprint density at radius 3 is 2.45 bits per heavy atom. The van der Waals surface area contributed by atoms with Crippen molar-refractivity contribution in [2.24, 2.45) is 0 Å². The lowest BCUT2D eigenvalue weighted by atomic mass is 10.1. The molecule has 1 aromatic rings. The van der Waals surface area contributed by atoms with Crippen molar-refractivity contribution in [3.63, 3.8) is 0 Å². The zero-order valence-corrected chi connectivity index (χ0v) is 13.3. The summed E-state index contributed by atoms with van der Waals surface area (Å²) < 4.78 is 5.38. The number of nitrogens with zero attached hydrogens (tertiary/aromatic N) is 2. The Balaban J connectivity index is 2.69. The Bertz CT molecular complexity index is 444. The summed E-state index contributed by atoms with van der Waals surface area (Å²) in [6, 6.07) is 5.63. The zero-order valence-electron chi connectivity index (χ0n) is 13.3. The van der Waals surface area contributed by atoms with Gasteiger partial charge >= 0.3 is 0 Å². The fourth-order valence-corrected chi connectivity index (χ4v) is 2.15. The molecular formula is C16H26N2O2. The van der Waals surface area contributed by atoms with E-state index in [1.165, 1.54) is 0 Å². The molecule has 0 fully saturated rings. The van der Waals surface area contributed by atoms with E-state index in [4.69, 9.17) is 4.74 Å². The molecule has 0 saturated heterocycles. The summed E-state index contributed by atoms with van der Waals surface area (Å²) in [5.41, 5.74) is 1.80. The second-order valence-electron chi connectivity index (χ2n) is 5.48. The number of methoxy groups -OCH3 is 1. The predicted molar refractivity (Wildman–Crippen MR) is 82.5 cm³/mol. The first-order chi connectivity index (χ1) is 9.43. The molecule has 0 unspecified atom stereocenters. The standard InChI is InChI=1S/C16H26N2O2/c1-13(19)14-7-8-16(20-5)15(11-14)12-18(4)10-6-9-17(2)3/h7-8,11H,6,9-10,12H2,1-5H3. The number of benzene rings is 1.